The molecule has 30 heavy (non-hydrogen) atoms. The minimum absolute atomic E-state index is 0.000333. The van der Waals surface area contributed by atoms with Crippen molar-refractivity contribution in [2.24, 2.45) is 22.6 Å². The summed E-state index contributed by atoms with van der Waals surface area (Å²) in [5.74, 6) is 0.539. The van der Waals surface area contributed by atoms with Crippen molar-refractivity contribution in [3.05, 3.63) is 66.5 Å². The lowest BCUT2D eigenvalue weighted by Crippen LogP contribution is -2.39. The summed E-state index contributed by atoms with van der Waals surface area (Å²) in [6, 6.07) is 9.15. The molecule has 1 fully saturated rings. The third kappa shape index (κ3) is 6.84. The Labute approximate surface area is 176 Å². The number of benzene rings is 1. The SMILES string of the molecule is NC(=O)C1CCN(CCOC2=CC=CC(CC(=Nc3ccccc3)OF)C=C2)CC1. The molecule has 1 amide bonds. The van der Waals surface area contributed by atoms with Gasteiger partial charge in [0.1, 0.15) is 12.4 Å². The van der Waals surface area contributed by atoms with E-state index in [4.69, 9.17) is 10.5 Å². The van der Waals surface area contributed by atoms with Gasteiger partial charge in [-0.2, -0.15) is 0 Å². The second-order valence-electron chi connectivity index (χ2n) is 7.47. The Hall–Kier alpha value is -2.93. The van der Waals surface area contributed by atoms with Crippen molar-refractivity contribution >= 4 is 17.5 Å². The second-order valence-corrected chi connectivity index (χ2v) is 7.47. The highest BCUT2D eigenvalue weighted by molar-refractivity contribution is 5.79. The fourth-order valence-electron chi connectivity index (χ4n) is 3.54. The number of rotatable bonds is 8. The molecule has 1 aromatic carbocycles. The molecule has 1 atom stereocenters. The Morgan fingerprint density at radius 1 is 1.20 bits per heavy atom. The molecule has 0 saturated carbocycles. The molecule has 2 N–H and O–H groups in total. The molecule has 1 unspecified atom stereocenters. The van der Waals surface area contributed by atoms with Crippen molar-refractivity contribution in [2.75, 3.05) is 26.2 Å². The molecular formula is C23H28FN3O3. The maximum atomic E-state index is 12.9. The molecule has 2 aliphatic rings. The lowest BCUT2D eigenvalue weighted by molar-refractivity contribution is -0.123. The monoisotopic (exact) mass is 413 g/mol. The summed E-state index contributed by atoms with van der Waals surface area (Å²) in [6.45, 7) is 3.08. The number of halogens is 1. The summed E-state index contributed by atoms with van der Waals surface area (Å²) in [5, 5.41) is 0. The number of nitrogens with two attached hydrogens (primary N) is 1. The molecule has 1 aliphatic carbocycles. The molecule has 6 nitrogen and oxygen atoms in total. The molecule has 1 aliphatic heterocycles. The number of aliphatic imine (C=N–C) groups is 1. The first-order valence-electron chi connectivity index (χ1n) is 10.3. The van der Waals surface area contributed by atoms with Crippen LogP contribution in [0.5, 0.6) is 0 Å². The van der Waals surface area contributed by atoms with Gasteiger partial charge in [0.2, 0.25) is 11.8 Å². The summed E-state index contributed by atoms with van der Waals surface area (Å²) in [4.78, 5) is 21.7. The number of primary amides is 1. The zero-order chi connectivity index (χ0) is 21.2. The number of ether oxygens (including phenoxy) is 1. The smallest absolute Gasteiger partial charge is 0.240 e. The van der Waals surface area contributed by atoms with Crippen LogP contribution in [-0.4, -0.2) is 42.9 Å². The van der Waals surface area contributed by atoms with Gasteiger partial charge >= 0.3 is 0 Å². The number of hydrogen-bond acceptors (Lipinski definition) is 5. The number of carbonyl (C=O) groups is 1. The van der Waals surface area contributed by atoms with Crippen LogP contribution < -0.4 is 5.73 Å². The van der Waals surface area contributed by atoms with Crippen LogP contribution in [0.4, 0.5) is 10.2 Å². The third-order valence-electron chi connectivity index (χ3n) is 5.30. The van der Waals surface area contributed by atoms with Crippen molar-refractivity contribution in [2.45, 2.75) is 19.3 Å². The summed E-state index contributed by atoms with van der Waals surface area (Å²) in [6.07, 6.45) is 11.5. The number of carbonyl (C=O) groups excluding carboxylic acids is 1. The molecule has 7 heteroatoms. The maximum absolute atomic E-state index is 12.9. The van der Waals surface area contributed by atoms with Gasteiger partial charge in [-0.3, -0.25) is 14.6 Å². The molecule has 1 aromatic rings. The lowest BCUT2D eigenvalue weighted by Gasteiger charge is -2.30. The summed E-state index contributed by atoms with van der Waals surface area (Å²) in [5.41, 5.74) is 6.02. The van der Waals surface area contributed by atoms with E-state index in [-0.39, 0.29) is 23.6 Å². The van der Waals surface area contributed by atoms with E-state index in [1.54, 1.807) is 12.1 Å². The van der Waals surface area contributed by atoms with E-state index < -0.39 is 0 Å². The molecule has 0 aromatic heterocycles. The first kappa shape index (κ1) is 21.8. The molecule has 160 valence electrons. The largest absolute Gasteiger partial charge is 0.492 e. The van der Waals surface area contributed by atoms with Crippen molar-refractivity contribution in [1.82, 2.24) is 4.90 Å². The van der Waals surface area contributed by atoms with Crippen LogP contribution in [0.25, 0.3) is 0 Å². The van der Waals surface area contributed by atoms with Crippen LogP contribution >= 0.6 is 0 Å². The predicted octanol–water partition coefficient (Wildman–Crippen LogP) is 3.85. The number of allylic oxidation sites excluding steroid dienone is 5. The Balaban J connectivity index is 1.44. The van der Waals surface area contributed by atoms with Crippen LogP contribution in [0.2, 0.25) is 0 Å². The van der Waals surface area contributed by atoms with Gasteiger partial charge in [0.15, 0.2) is 0 Å². The van der Waals surface area contributed by atoms with E-state index in [0.717, 1.165) is 38.2 Å². The highest BCUT2D eigenvalue weighted by atomic mass is 19.3. The minimum Gasteiger partial charge on any atom is -0.492 e. The number of piperidine rings is 1. The number of likely N-dealkylation sites (tertiary alicyclic amines) is 1. The normalized spacial score (nSPS) is 20.5. The fourth-order valence-corrected chi connectivity index (χ4v) is 3.54. The van der Waals surface area contributed by atoms with E-state index >= 15 is 0 Å². The van der Waals surface area contributed by atoms with E-state index in [1.807, 2.05) is 48.6 Å². The van der Waals surface area contributed by atoms with Gasteiger partial charge in [0.25, 0.3) is 0 Å². The summed E-state index contributed by atoms with van der Waals surface area (Å²) in [7, 11) is 0. The van der Waals surface area contributed by atoms with Crippen LogP contribution in [0.15, 0.2) is 71.5 Å². The van der Waals surface area contributed by atoms with Gasteiger partial charge in [-0.1, -0.05) is 36.4 Å². The zero-order valence-electron chi connectivity index (χ0n) is 17.0. The standard InChI is InChI=1S/C23H28FN3O3/c24-30-22(26-20-6-2-1-3-7-20)17-18-5-4-8-21(10-9-18)29-16-15-27-13-11-19(12-14-27)23(25)28/h1-10,18-19H,11-17H2,(H2,25,28). The van der Waals surface area contributed by atoms with Crippen LogP contribution in [0.1, 0.15) is 19.3 Å². The van der Waals surface area contributed by atoms with Crippen molar-refractivity contribution < 1.29 is 19.0 Å². The molecule has 1 saturated heterocycles. The Morgan fingerprint density at radius 3 is 2.67 bits per heavy atom. The minimum atomic E-state index is -0.198. The quantitative estimate of drug-likeness (QED) is 0.519. The summed E-state index contributed by atoms with van der Waals surface area (Å²) >= 11 is 0. The molecule has 1 heterocycles. The van der Waals surface area contributed by atoms with Gasteiger partial charge in [-0.25, -0.2) is 4.99 Å². The van der Waals surface area contributed by atoms with Crippen LogP contribution in [0, 0.1) is 11.8 Å². The van der Waals surface area contributed by atoms with Gasteiger partial charge in [-0.05, 0) is 50.2 Å². The first-order valence-corrected chi connectivity index (χ1v) is 10.3. The van der Waals surface area contributed by atoms with Gasteiger partial charge in [0, 0.05) is 29.3 Å². The van der Waals surface area contributed by atoms with E-state index in [2.05, 4.69) is 14.8 Å². The van der Waals surface area contributed by atoms with Gasteiger partial charge < -0.3 is 10.5 Å². The molecule has 3 rings (SSSR count). The maximum Gasteiger partial charge on any atom is 0.240 e. The Morgan fingerprint density at radius 2 is 1.97 bits per heavy atom. The number of amides is 1. The van der Waals surface area contributed by atoms with E-state index in [1.165, 1.54) is 0 Å². The second kappa shape index (κ2) is 11.3. The molecular weight excluding hydrogens is 385 g/mol. The topological polar surface area (TPSA) is 77.2 Å². The summed E-state index contributed by atoms with van der Waals surface area (Å²) < 4.78 is 18.8. The Bertz CT molecular complexity index is 812. The fraction of sp³-hybridized carbons (Fsp3) is 0.391. The lowest BCUT2D eigenvalue weighted by atomic mass is 9.96. The van der Waals surface area contributed by atoms with Gasteiger partial charge in [0.05, 0.1) is 5.69 Å². The van der Waals surface area contributed by atoms with Crippen molar-refractivity contribution in [1.29, 1.82) is 0 Å². The number of hydrogen-bond donors (Lipinski definition) is 1. The number of para-hydroxylation sites is 1. The average molecular weight is 413 g/mol. The van der Waals surface area contributed by atoms with Crippen molar-refractivity contribution in [3.63, 3.8) is 0 Å². The van der Waals surface area contributed by atoms with E-state index in [9.17, 15) is 9.32 Å². The third-order valence-corrected chi connectivity index (χ3v) is 5.30. The van der Waals surface area contributed by atoms with Crippen molar-refractivity contribution in [3.8, 4) is 0 Å². The Kier molecular flexibility index (Phi) is 8.20. The zero-order valence-corrected chi connectivity index (χ0v) is 17.0. The predicted molar refractivity (Wildman–Crippen MR) is 115 cm³/mol. The highest BCUT2D eigenvalue weighted by Gasteiger charge is 2.22. The molecule has 0 radical (unpaired) electrons. The van der Waals surface area contributed by atoms with E-state index in [0.29, 0.717) is 18.7 Å². The number of nitrogens with zero attached hydrogens (tertiary/aromatic N) is 2. The van der Waals surface area contributed by atoms with Crippen LogP contribution in [-0.2, 0) is 14.5 Å². The van der Waals surface area contributed by atoms with Crippen LogP contribution in [0.3, 0.4) is 0 Å². The van der Waals surface area contributed by atoms with Gasteiger partial charge in [-0.15, -0.1) is 0 Å². The average Bonchev–Trinajstić information content (AvgIpc) is 2.99. The highest BCUT2D eigenvalue weighted by Crippen LogP contribution is 2.19. The molecule has 0 spiro atoms. The molecule has 0 bridgehead atoms. The first-order chi connectivity index (χ1) is 14.6.